The molecule has 0 fully saturated rings. The maximum absolute atomic E-state index is 11.0. The molecule has 0 saturated carbocycles. The van der Waals surface area contributed by atoms with E-state index >= 15 is 0 Å². The molecule has 6 heteroatoms. The Hall–Kier alpha value is -2.13. The molecule has 0 aromatic heterocycles. The summed E-state index contributed by atoms with van der Waals surface area (Å²) in [6.07, 6.45) is 0.928. The number of nitrogens with one attached hydrogen (secondary N) is 1. The number of nitro groups is 1. The second kappa shape index (κ2) is 7.60. The molecule has 0 bridgehead atoms. The molecule has 114 valence electrons. The van der Waals surface area contributed by atoms with E-state index in [2.05, 4.69) is 26.1 Å². The predicted molar refractivity (Wildman–Crippen MR) is 80.0 cm³/mol. The molecule has 0 atom stereocenters. The fourth-order valence-corrected chi connectivity index (χ4v) is 1.64. The predicted octanol–water partition coefficient (Wildman–Crippen LogP) is 3.17. The fourth-order valence-electron chi connectivity index (χ4n) is 1.64. The topological polar surface area (TPSA) is 88.2 Å². The monoisotopic (exact) mass is 291 g/mol. The van der Waals surface area contributed by atoms with Crippen molar-refractivity contribution in [2.75, 3.05) is 6.61 Å². The minimum absolute atomic E-state index is 0.0322. The van der Waals surface area contributed by atoms with E-state index in [0.29, 0.717) is 26.0 Å². The molecule has 0 heterocycles. The van der Waals surface area contributed by atoms with Crippen LogP contribution in [0.1, 0.15) is 39.2 Å². The second-order valence-corrected chi connectivity index (χ2v) is 5.77. The third-order valence-electron chi connectivity index (χ3n) is 2.73. The van der Waals surface area contributed by atoms with Crippen LogP contribution in [-0.4, -0.2) is 17.1 Å². The van der Waals surface area contributed by atoms with Crippen molar-refractivity contribution in [1.29, 1.82) is 5.26 Å². The number of nitro benzene ring substituents is 1. The number of rotatable bonds is 7. The quantitative estimate of drug-likeness (QED) is 0.473. The number of nitrogens with zero attached hydrogens (tertiary/aromatic N) is 2. The first-order valence-corrected chi connectivity index (χ1v) is 6.85. The lowest BCUT2D eigenvalue weighted by molar-refractivity contribution is -0.385. The van der Waals surface area contributed by atoms with Crippen LogP contribution in [-0.2, 0) is 6.54 Å². The first kappa shape index (κ1) is 16.9. The third-order valence-corrected chi connectivity index (χ3v) is 2.73. The normalized spacial score (nSPS) is 11.0. The highest BCUT2D eigenvalue weighted by molar-refractivity contribution is 5.48. The Morgan fingerprint density at radius 2 is 2.14 bits per heavy atom. The molecule has 1 N–H and O–H groups in total. The molecule has 0 amide bonds. The van der Waals surface area contributed by atoms with Crippen molar-refractivity contribution in [3.8, 4) is 11.8 Å². The number of unbranched alkanes of at least 4 members (excludes halogenated alkanes) is 1. The van der Waals surface area contributed by atoms with Crippen LogP contribution in [0.2, 0.25) is 0 Å². The zero-order chi connectivity index (χ0) is 15.9. The summed E-state index contributed by atoms with van der Waals surface area (Å²) in [5.41, 5.74) is 0.840. The van der Waals surface area contributed by atoms with Gasteiger partial charge in [-0.1, -0.05) is 6.07 Å². The number of hydrogen-bond donors (Lipinski definition) is 1. The van der Waals surface area contributed by atoms with E-state index < -0.39 is 4.92 Å². The lowest BCUT2D eigenvalue weighted by Gasteiger charge is -2.20. The number of ether oxygens (including phenoxy) is 1. The molecule has 0 unspecified atom stereocenters. The Balaban J connectivity index is 2.80. The third kappa shape index (κ3) is 6.23. The first-order chi connectivity index (χ1) is 9.83. The van der Waals surface area contributed by atoms with Crippen molar-refractivity contribution in [3.05, 3.63) is 33.9 Å². The molecule has 0 saturated heterocycles. The maximum atomic E-state index is 11.0. The lowest BCUT2D eigenvalue weighted by atomic mass is 10.1. The molecule has 0 aliphatic carbocycles. The van der Waals surface area contributed by atoms with Gasteiger partial charge in [-0.2, -0.15) is 5.26 Å². The molecule has 0 aliphatic rings. The first-order valence-electron chi connectivity index (χ1n) is 6.85. The summed E-state index contributed by atoms with van der Waals surface area (Å²) in [7, 11) is 0. The zero-order valence-electron chi connectivity index (χ0n) is 12.7. The highest BCUT2D eigenvalue weighted by atomic mass is 16.6. The van der Waals surface area contributed by atoms with Crippen LogP contribution in [0.5, 0.6) is 5.75 Å². The van der Waals surface area contributed by atoms with Gasteiger partial charge in [0.15, 0.2) is 5.75 Å². The van der Waals surface area contributed by atoms with E-state index in [-0.39, 0.29) is 17.0 Å². The van der Waals surface area contributed by atoms with Gasteiger partial charge in [0.2, 0.25) is 0 Å². The second-order valence-electron chi connectivity index (χ2n) is 5.77. The Morgan fingerprint density at radius 1 is 1.43 bits per heavy atom. The summed E-state index contributed by atoms with van der Waals surface area (Å²) in [5, 5.41) is 22.8. The average molecular weight is 291 g/mol. The van der Waals surface area contributed by atoms with Crippen molar-refractivity contribution in [2.24, 2.45) is 0 Å². The van der Waals surface area contributed by atoms with Gasteiger partial charge < -0.3 is 10.1 Å². The number of benzene rings is 1. The minimum atomic E-state index is -0.458. The summed E-state index contributed by atoms with van der Waals surface area (Å²) in [4.78, 5) is 10.5. The number of nitriles is 1. The Morgan fingerprint density at radius 3 is 2.71 bits per heavy atom. The van der Waals surface area contributed by atoms with Crippen LogP contribution in [0.25, 0.3) is 0 Å². The fraction of sp³-hybridized carbons (Fsp3) is 0.533. The van der Waals surface area contributed by atoms with Crippen molar-refractivity contribution in [1.82, 2.24) is 5.32 Å². The molecule has 1 aromatic rings. The smallest absolute Gasteiger partial charge is 0.310 e. The SMILES string of the molecule is CC(C)(C)NCc1ccc([N+](=O)[O-])c(OCCCC#N)c1. The molecular formula is C15H21N3O3. The van der Waals surface area contributed by atoms with Crippen molar-refractivity contribution < 1.29 is 9.66 Å². The van der Waals surface area contributed by atoms with Gasteiger partial charge in [-0.05, 0) is 38.8 Å². The van der Waals surface area contributed by atoms with E-state index in [1.807, 2.05) is 6.07 Å². The molecule has 6 nitrogen and oxygen atoms in total. The number of hydrogen-bond acceptors (Lipinski definition) is 5. The Kier molecular flexibility index (Phi) is 6.12. The molecule has 0 aliphatic heterocycles. The van der Waals surface area contributed by atoms with E-state index in [9.17, 15) is 10.1 Å². The summed E-state index contributed by atoms with van der Waals surface area (Å²) in [5.74, 6) is 0.256. The summed E-state index contributed by atoms with van der Waals surface area (Å²) < 4.78 is 5.45. The van der Waals surface area contributed by atoms with E-state index in [1.54, 1.807) is 12.1 Å². The Labute approximate surface area is 124 Å². The largest absolute Gasteiger partial charge is 0.487 e. The van der Waals surface area contributed by atoms with Crippen LogP contribution in [0.4, 0.5) is 5.69 Å². The van der Waals surface area contributed by atoms with Crippen molar-refractivity contribution in [2.45, 2.75) is 45.7 Å². The molecule has 21 heavy (non-hydrogen) atoms. The van der Waals surface area contributed by atoms with Crippen molar-refractivity contribution >= 4 is 5.69 Å². The van der Waals surface area contributed by atoms with Crippen LogP contribution < -0.4 is 10.1 Å². The highest BCUT2D eigenvalue weighted by Gasteiger charge is 2.16. The van der Waals surface area contributed by atoms with Crippen LogP contribution in [0.15, 0.2) is 18.2 Å². The molecule has 1 rings (SSSR count). The van der Waals surface area contributed by atoms with Gasteiger partial charge in [-0.25, -0.2) is 0 Å². The van der Waals surface area contributed by atoms with Gasteiger partial charge in [0, 0.05) is 24.6 Å². The maximum Gasteiger partial charge on any atom is 0.310 e. The van der Waals surface area contributed by atoms with Gasteiger partial charge in [-0.3, -0.25) is 10.1 Å². The van der Waals surface area contributed by atoms with Gasteiger partial charge >= 0.3 is 5.69 Å². The van der Waals surface area contributed by atoms with Gasteiger partial charge in [0.25, 0.3) is 0 Å². The average Bonchev–Trinajstić information content (AvgIpc) is 2.40. The zero-order valence-corrected chi connectivity index (χ0v) is 12.7. The molecule has 1 aromatic carbocycles. The molecule has 0 spiro atoms. The van der Waals surface area contributed by atoms with E-state index in [4.69, 9.17) is 10.00 Å². The summed E-state index contributed by atoms with van der Waals surface area (Å²) >= 11 is 0. The summed E-state index contributed by atoms with van der Waals surface area (Å²) in [6.45, 7) is 7.06. The lowest BCUT2D eigenvalue weighted by Crippen LogP contribution is -2.35. The van der Waals surface area contributed by atoms with Gasteiger partial charge in [-0.15, -0.1) is 0 Å². The van der Waals surface area contributed by atoms with Crippen LogP contribution >= 0.6 is 0 Å². The molecular weight excluding hydrogens is 270 g/mol. The Bertz CT molecular complexity index is 530. The molecule has 0 radical (unpaired) electrons. The van der Waals surface area contributed by atoms with Crippen molar-refractivity contribution in [3.63, 3.8) is 0 Å². The van der Waals surface area contributed by atoms with E-state index in [0.717, 1.165) is 5.56 Å². The van der Waals surface area contributed by atoms with E-state index in [1.165, 1.54) is 6.07 Å². The van der Waals surface area contributed by atoms with Crippen LogP contribution in [0.3, 0.4) is 0 Å². The van der Waals surface area contributed by atoms with Crippen LogP contribution in [0, 0.1) is 21.4 Å². The highest BCUT2D eigenvalue weighted by Crippen LogP contribution is 2.28. The van der Waals surface area contributed by atoms with Gasteiger partial charge in [0.05, 0.1) is 17.6 Å². The minimum Gasteiger partial charge on any atom is -0.487 e. The summed E-state index contributed by atoms with van der Waals surface area (Å²) in [6, 6.07) is 6.88. The standard InChI is InChI=1S/C15H21N3O3/c1-15(2,3)17-11-12-6-7-13(18(19)20)14(10-12)21-9-5-4-8-16/h6-7,10,17H,4-5,9,11H2,1-3H3. The van der Waals surface area contributed by atoms with Gasteiger partial charge in [0.1, 0.15) is 0 Å².